The number of hydrogen-bond donors (Lipinski definition) is 0. The molecule has 2 aromatic rings. The number of aryl methyl sites for hydroxylation is 1. The number of Topliss-reactive ketones (excluding diaryl/α,β-unsaturated/α-hetero) is 1. The minimum Gasteiger partial charge on any atom is -0.452 e. The Balaban J connectivity index is 1.55. The minimum absolute atomic E-state index is 0.0299. The fraction of sp³-hybridized carbons (Fsp3) is 0.304. The van der Waals surface area contributed by atoms with E-state index in [2.05, 4.69) is 15.9 Å². The summed E-state index contributed by atoms with van der Waals surface area (Å²) in [7, 11) is 0. The van der Waals surface area contributed by atoms with Gasteiger partial charge in [-0.2, -0.15) is 0 Å². The van der Waals surface area contributed by atoms with Gasteiger partial charge in [0.1, 0.15) is 11.5 Å². The summed E-state index contributed by atoms with van der Waals surface area (Å²) in [6.45, 7) is 1.83. The lowest BCUT2D eigenvalue weighted by molar-refractivity contribution is -0.139. The third-order valence-corrected chi connectivity index (χ3v) is 5.80. The Kier molecular flexibility index (Phi) is 5.36. The predicted molar refractivity (Wildman–Crippen MR) is 110 cm³/mol. The van der Waals surface area contributed by atoms with E-state index in [1.54, 1.807) is 18.2 Å². The van der Waals surface area contributed by atoms with E-state index in [9.17, 15) is 9.59 Å². The molecule has 1 aliphatic carbocycles. The second-order valence-corrected chi connectivity index (χ2v) is 8.28. The molecule has 1 heterocycles. The van der Waals surface area contributed by atoms with Gasteiger partial charge in [-0.25, -0.2) is 0 Å². The summed E-state index contributed by atoms with van der Waals surface area (Å²) in [5.41, 5.74) is 2.15. The van der Waals surface area contributed by atoms with E-state index in [1.807, 2.05) is 31.2 Å². The standard InChI is InChI=1S/C23H21BrO4/c1-14-11-18(27-23(26)16-5-3-2-4-6-16)13-19-21(14)22(25)20(28-19)12-15-7-9-17(24)10-8-15/h7-13,16H,2-6H2,1H3/b20-12-. The summed E-state index contributed by atoms with van der Waals surface area (Å²) < 4.78 is 12.4. The number of hydrogen-bond acceptors (Lipinski definition) is 4. The molecule has 0 unspecified atom stereocenters. The number of halogens is 1. The lowest BCUT2D eigenvalue weighted by atomic mass is 9.89. The quantitative estimate of drug-likeness (QED) is 0.340. The molecule has 0 aromatic heterocycles. The minimum atomic E-state index is -0.186. The Morgan fingerprint density at radius 3 is 2.57 bits per heavy atom. The third kappa shape index (κ3) is 3.90. The highest BCUT2D eigenvalue weighted by atomic mass is 79.9. The van der Waals surface area contributed by atoms with E-state index in [4.69, 9.17) is 9.47 Å². The molecule has 0 bridgehead atoms. The molecule has 0 saturated heterocycles. The van der Waals surface area contributed by atoms with Crippen LogP contribution in [0.2, 0.25) is 0 Å². The van der Waals surface area contributed by atoms with Crippen molar-refractivity contribution in [3.05, 3.63) is 63.3 Å². The van der Waals surface area contributed by atoms with Crippen molar-refractivity contribution in [3.8, 4) is 11.5 Å². The van der Waals surface area contributed by atoms with Gasteiger partial charge in [0.15, 0.2) is 5.76 Å². The Labute approximate surface area is 172 Å². The second-order valence-electron chi connectivity index (χ2n) is 7.36. The third-order valence-electron chi connectivity index (χ3n) is 5.27. The molecule has 0 atom stereocenters. The maximum absolute atomic E-state index is 12.8. The van der Waals surface area contributed by atoms with Gasteiger partial charge in [0, 0.05) is 10.5 Å². The average molecular weight is 441 g/mol. The summed E-state index contributed by atoms with van der Waals surface area (Å²) in [5.74, 6) is 0.785. The molecule has 0 amide bonds. The van der Waals surface area contributed by atoms with E-state index >= 15 is 0 Å². The summed E-state index contributed by atoms with van der Waals surface area (Å²) in [6, 6.07) is 11.0. The SMILES string of the molecule is Cc1cc(OC(=O)C2CCCCC2)cc2c1C(=O)/C(=C/c1ccc(Br)cc1)O2. The smallest absolute Gasteiger partial charge is 0.314 e. The number of ether oxygens (including phenoxy) is 2. The fourth-order valence-electron chi connectivity index (χ4n) is 3.78. The average Bonchev–Trinajstić information content (AvgIpc) is 3.00. The number of rotatable bonds is 3. The van der Waals surface area contributed by atoms with Crippen molar-refractivity contribution < 1.29 is 19.1 Å². The lowest BCUT2D eigenvalue weighted by Gasteiger charge is -2.20. The van der Waals surface area contributed by atoms with E-state index in [1.165, 1.54) is 6.42 Å². The van der Waals surface area contributed by atoms with Gasteiger partial charge < -0.3 is 9.47 Å². The van der Waals surface area contributed by atoms with Crippen molar-refractivity contribution in [2.24, 2.45) is 5.92 Å². The molecule has 1 aliphatic heterocycles. The number of carbonyl (C=O) groups excluding carboxylic acids is 2. The van der Waals surface area contributed by atoms with Gasteiger partial charge in [-0.05, 0) is 55.2 Å². The molecule has 0 spiro atoms. The summed E-state index contributed by atoms with van der Waals surface area (Å²) in [4.78, 5) is 25.2. The van der Waals surface area contributed by atoms with Crippen LogP contribution in [0.4, 0.5) is 0 Å². The Hall–Kier alpha value is -2.40. The van der Waals surface area contributed by atoms with Crippen LogP contribution in [0.15, 0.2) is 46.6 Å². The van der Waals surface area contributed by atoms with Crippen LogP contribution in [-0.2, 0) is 4.79 Å². The Bertz CT molecular complexity index is 953. The van der Waals surface area contributed by atoms with Crippen molar-refractivity contribution in [3.63, 3.8) is 0 Å². The van der Waals surface area contributed by atoms with Crippen LogP contribution >= 0.6 is 15.9 Å². The highest BCUT2D eigenvalue weighted by molar-refractivity contribution is 9.10. The molecule has 1 saturated carbocycles. The maximum atomic E-state index is 12.8. The van der Waals surface area contributed by atoms with Gasteiger partial charge in [0.05, 0.1) is 11.5 Å². The Morgan fingerprint density at radius 2 is 1.86 bits per heavy atom. The monoisotopic (exact) mass is 440 g/mol. The highest BCUT2D eigenvalue weighted by Crippen LogP contribution is 2.38. The molecule has 2 aromatic carbocycles. The summed E-state index contributed by atoms with van der Waals surface area (Å²) in [5, 5.41) is 0. The fourth-order valence-corrected chi connectivity index (χ4v) is 4.05. The molecule has 0 radical (unpaired) electrons. The number of esters is 1. The molecule has 144 valence electrons. The van der Waals surface area contributed by atoms with E-state index in [0.717, 1.165) is 41.3 Å². The number of allylic oxidation sites excluding steroid dienone is 1. The first kappa shape index (κ1) is 18.9. The maximum Gasteiger partial charge on any atom is 0.314 e. The zero-order valence-electron chi connectivity index (χ0n) is 15.7. The molecule has 0 N–H and O–H groups in total. The number of benzene rings is 2. The van der Waals surface area contributed by atoms with Crippen LogP contribution in [0.1, 0.15) is 53.6 Å². The van der Waals surface area contributed by atoms with Crippen LogP contribution in [0, 0.1) is 12.8 Å². The molecule has 2 aliphatic rings. The largest absolute Gasteiger partial charge is 0.452 e. The normalized spacial score (nSPS) is 18.1. The van der Waals surface area contributed by atoms with Gasteiger partial charge in [0.2, 0.25) is 5.78 Å². The van der Waals surface area contributed by atoms with Crippen molar-refractivity contribution in [1.82, 2.24) is 0 Å². The summed E-state index contributed by atoms with van der Waals surface area (Å²) >= 11 is 3.40. The number of ketones is 1. The van der Waals surface area contributed by atoms with Gasteiger partial charge in [0.25, 0.3) is 0 Å². The van der Waals surface area contributed by atoms with Crippen LogP contribution < -0.4 is 9.47 Å². The van der Waals surface area contributed by atoms with Crippen molar-refractivity contribution in [2.75, 3.05) is 0 Å². The molecular weight excluding hydrogens is 420 g/mol. The zero-order chi connectivity index (χ0) is 19.7. The number of carbonyl (C=O) groups is 2. The first-order chi connectivity index (χ1) is 13.5. The number of fused-ring (bicyclic) bond motifs is 1. The van der Waals surface area contributed by atoms with Crippen molar-refractivity contribution in [2.45, 2.75) is 39.0 Å². The van der Waals surface area contributed by atoms with Crippen molar-refractivity contribution in [1.29, 1.82) is 0 Å². The van der Waals surface area contributed by atoms with Crippen molar-refractivity contribution >= 4 is 33.8 Å². The van der Waals surface area contributed by atoms with Crippen LogP contribution in [0.3, 0.4) is 0 Å². The van der Waals surface area contributed by atoms with E-state index < -0.39 is 0 Å². The first-order valence-electron chi connectivity index (χ1n) is 9.57. The molecule has 28 heavy (non-hydrogen) atoms. The van der Waals surface area contributed by atoms with Gasteiger partial charge in [-0.15, -0.1) is 0 Å². The first-order valence-corrected chi connectivity index (χ1v) is 10.4. The van der Waals surface area contributed by atoms with Crippen LogP contribution in [-0.4, -0.2) is 11.8 Å². The zero-order valence-corrected chi connectivity index (χ0v) is 17.3. The second kappa shape index (κ2) is 7.92. The van der Waals surface area contributed by atoms with Gasteiger partial charge in [-0.1, -0.05) is 47.3 Å². The van der Waals surface area contributed by atoms with Gasteiger partial charge >= 0.3 is 5.97 Å². The van der Waals surface area contributed by atoms with E-state index in [0.29, 0.717) is 17.1 Å². The molecule has 5 heteroatoms. The van der Waals surface area contributed by atoms with Gasteiger partial charge in [-0.3, -0.25) is 9.59 Å². The molecular formula is C23H21BrO4. The molecule has 4 rings (SSSR count). The topological polar surface area (TPSA) is 52.6 Å². The predicted octanol–water partition coefficient (Wildman–Crippen LogP) is 5.86. The van der Waals surface area contributed by atoms with E-state index in [-0.39, 0.29) is 23.4 Å². The Morgan fingerprint density at radius 1 is 1.14 bits per heavy atom. The summed E-state index contributed by atoms with van der Waals surface area (Å²) in [6.07, 6.45) is 6.83. The highest BCUT2D eigenvalue weighted by Gasteiger charge is 2.31. The van der Waals surface area contributed by atoms with Crippen LogP contribution in [0.25, 0.3) is 6.08 Å². The molecule has 4 nitrogen and oxygen atoms in total. The molecule has 1 fully saturated rings. The lowest BCUT2D eigenvalue weighted by Crippen LogP contribution is -2.22. The van der Waals surface area contributed by atoms with Crippen LogP contribution in [0.5, 0.6) is 11.5 Å².